The van der Waals surface area contributed by atoms with Crippen molar-refractivity contribution in [3.8, 4) is 11.5 Å². The minimum Gasteiger partial charge on any atom is -0.497 e. The fraction of sp³-hybridized carbons (Fsp3) is 0.562. The number of hydrogen-bond acceptors (Lipinski definition) is 3. The third kappa shape index (κ3) is 2.89. The average Bonchev–Trinajstić information content (AvgIpc) is 2.46. The van der Waals surface area contributed by atoms with Gasteiger partial charge in [-0.2, -0.15) is 0 Å². The highest BCUT2D eigenvalue weighted by atomic mass is 16.5. The molecule has 20 heavy (non-hydrogen) atoms. The second-order valence-corrected chi connectivity index (χ2v) is 5.48. The van der Waals surface area contributed by atoms with Crippen LogP contribution in [0.4, 0.5) is 0 Å². The van der Waals surface area contributed by atoms with Crippen LogP contribution in [-0.2, 0) is 10.2 Å². The van der Waals surface area contributed by atoms with E-state index in [-0.39, 0.29) is 11.8 Å². The molecule has 1 saturated carbocycles. The van der Waals surface area contributed by atoms with Gasteiger partial charge in [-0.15, -0.1) is 0 Å². The van der Waals surface area contributed by atoms with Gasteiger partial charge in [-0.1, -0.05) is 19.3 Å². The lowest BCUT2D eigenvalue weighted by Gasteiger charge is -2.37. The van der Waals surface area contributed by atoms with Crippen molar-refractivity contribution in [1.82, 2.24) is 0 Å². The number of aliphatic carboxylic acids is 1. The number of carboxylic acid groups (broad SMARTS) is 1. The van der Waals surface area contributed by atoms with Crippen molar-refractivity contribution >= 4 is 5.97 Å². The Balaban J connectivity index is 2.48. The van der Waals surface area contributed by atoms with Crippen LogP contribution in [0.2, 0.25) is 0 Å². The van der Waals surface area contributed by atoms with Crippen LogP contribution >= 0.6 is 0 Å². The van der Waals surface area contributed by atoms with Crippen LogP contribution in [0, 0.1) is 0 Å². The van der Waals surface area contributed by atoms with Gasteiger partial charge in [0.05, 0.1) is 20.6 Å². The molecule has 4 nitrogen and oxygen atoms in total. The van der Waals surface area contributed by atoms with Crippen LogP contribution in [0.3, 0.4) is 0 Å². The maximum absolute atomic E-state index is 11.3. The van der Waals surface area contributed by atoms with Gasteiger partial charge in [0.15, 0.2) is 0 Å². The van der Waals surface area contributed by atoms with E-state index < -0.39 is 5.97 Å². The van der Waals surface area contributed by atoms with Crippen molar-refractivity contribution in [2.45, 2.75) is 43.9 Å². The zero-order valence-electron chi connectivity index (χ0n) is 12.1. The summed E-state index contributed by atoms with van der Waals surface area (Å²) in [6.07, 6.45) is 5.23. The first-order valence-electron chi connectivity index (χ1n) is 7.05. The van der Waals surface area contributed by atoms with E-state index in [0.717, 1.165) is 42.7 Å². The largest absolute Gasteiger partial charge is 0.497 e. The number of rotatable bonds is 5. The summed E-state index contributed by atoms with van der Waals surface area (Å²) in [5.74, 6) is 0.752. The van der Waals surface area contributed by atoms with Crippen LogP contribution < -0.4 is 9.47 Å². The number of methoxy groups -OCH3 is 2. The fourth-order valence-electron chi connectivity index (χ4n) is 3.29. The van der Waals surface area contributed by atoms with Gasteiger partial charge in [-0.3, -0.25) is 4.79 Å². The standard InChI is InChI=1S/C16H22O4/c1-19-12-6-7-14(20-2)13(10-12)16(11-15(17)18)8-4-3-5-9-16/h6-7,10H,3-5,8-9,11H2,1-2H3,(H,17,18). The van der Waals surface area contributed by atoms with Gasteiger partial charge in [0, 0.05) is 11.0 Å². The summed E-state index contributed by atoms with van der Waals surface area (Å²) in [4.78, 5) is 11.3. The van der Waals surface area contributed by atoms with E-state index in [2.05, 4.69) is 0 Å². The quantitative estimate of drug-likeness (QED) is 0.897. The molecular formula is C16H22O4. The zero-order chi connectivity index (χ0) is 14.6. The van der Waals surface area contributed by atoms with Crippen molar-refractivity contribution in [1.29, 1.82) is 0 Å². The molecule has 0 aliphatic heterocycles. The third-order valence-electron chi connectivity index (χ3n) is 4.28. The van der Waals surface area contributed by atoms with Crippen molar-refractivity contribution in [3.63, 3.8) is 0 Å². The first-order valence-corrected chi connectivity index (χ1v) is 7.05. The van der Waals surface area contributed by atoms with Gasteiger partial charge in [0.1, 0.15) is 11.5 Å². The molecule has 0 saturated heterocycles. The molecule has 1 fully saturated rings. The summed E-state index contributed by atoms with van der Waals surface area (Å²) in [5.41, 5.74) is 0.644. The number of benzene rings is 1. The number of ether oxygens (including phenoxy) is 2. The number of carboxylic acids is 1. The molecule has 110 valence electrons. The third-order valence-corrected chi connectivity index (χ3v) is 4.28. The highest BCUT2D eigenvalue weighted by Gasteiger charge is 2.38. The van der Waals surface area contributed by atoms with E-state index in [1.807, 2.05) is 18.2 Å². The molecule has 0 bridgehead atoms. The Hall–Kier alpha value is -1.71. The second kappa shape index (κ2) is 6.16. The molecule has 0 aromatic heterocycles. The Labute approximate surface area is 119 Å². The van der Waals surface area contributed by atoms with Crippen LogP contribution in [0.25, 0.3) is 0 Å². The Bertz CT molecular complexity index is 475. The molecule has 1 N–H and O–H groups in total. The van der Waals surface area contributed by atoms with Gasteiger partial charge < -0.3 is 14.6 Å². The van der Waals surface area contributed by atoms with Crippen LogP contribution in [0.5, 0.6) is 11.5 Å². The summed E-state index contributed by atoms with van der Waals surface area (Å²) in [6, 6.07) is 5.65. The lowest BCUT2D eigenvalue weighted by Crippen LogP contribution is -2.32. The maximum Gasteiger partial charge on any atom is 0.304 e. The summed E-state index contributed by atoms with van der Waals surface area (Å²) < 4.78 is 10.7. The molecule has 0 atom stereocenters. The van der Waals surface area contributed by atoms with E-state index in [0.29, 0.717) is 0 Å². The SMILES string of the molecule is COc1ccc(OC)c(C2(CC(=O)O)CCCCC2)c1. The molecule has 0 spiro atoms. The minimum absolute atomic E-state index is 0.149. The fourth-order valence-corrected chi connectivity index (χ4v) is 3.29. The summed E-state index contributed by atoms with van der Waals surface area (Å²) in [6.45, 7) is 0. The topological polar surface area (TPSA) is 55.8 Å². The second-order valence-electron chi connectivity index (χ2n) is 5.48. The summed E-state index contributed by atoms with van der Waals surface area (Å²) >= 11 is 0. The molecule has 1 aliphatic carbocycles. The lowest BCUT2D eigenvalue weighted by molar-refractivity contribution is -0.138. The number of carbonyl (C=O) groups is 1. The first kappa shape index (κ1) is 14.7. The van der Waals surface area contributed by atoms with Crippen molar-refractivity contribution < 1.29 is 19.4 Å². The molecule has 0 radical (unpaired) electrons. The average molecular weight is 278 g/mol. The molecule has 1 aromatic rings. The van der Waals surface area contributed by atoms with Gasteiger partial charge in [-0.25, -0.2) is 0 Å². The maximum atomic E-state index is 11.3. The lowest BCUT2D eigenvalue weighted by atomic mass is 9.67. The molecule has 2 rings (SSSR count). The van der Waals surface area contributed by atoms with E-state index in [1.54, 1.807) is 14.2 Å². The number of hydrogen-bond donors (Lipinski definition) is 1. The van der Waals surface area contributed by atoms with Crippen molar-refractivity contribution in [3.05, 3.63) is 23.8 Å². The molecule has 0 heterocycles. The van der Waals surface area contributed by atoms with Crippen LogP contribution in [0.1, 0.15) is 44.1 Å². The van der Waals surface area contributed by atoms with E-state index in [9.17, 15) is 9.90 Å². The minimum atomic E-state index is -0.753. The van der Waals surface area contributed by atoms with Gasteiger partial charge in [-0.05, 0) is 31.0 Å². The van der Waals surface area contributed by atoms with Gasteiger partial charge >= 0.3 is 5.97 Å². The van der Waals surface area contributed by atoms with E-state index >= 15 is 0 Å². The molecule has 1 aromatic carbocycles. The first-order chi connectivity index (χ1) is 9.61. The van der Waals surface area contributed by atoms with Crippen LogP contribution in [0.15, 0.2) is 18.2 Å². The molecular weight excluding hydrogens is 256 g/mol. The smallest absolute Gasteiger partial charge is 0.304 e. The van der Waals surface area contributed by atoms with E-state index in [4.69, 9.17) is 9.47 Å². The van der Waals surface area contributed by atoms with Gasteiger partial charge in [0.25, 0.3) is 0 Å². The van der Waals surface area contributed by atoms with Crippen molar-refractivity contribution in [2.75, 3.05) is 14.2 Å². The Kier molecular flexibility index (Phi) is 4.53. The molecule has 0 amide bonds. The Morgan fingerprint density at radius 1 is 1.20 bits per heavy atom. The monoisotopic (exact) mass is 278 g/mol. The highest BCUT2D eigenvalue weighted by Crippen LogP contribution is 2.46. The van der Waals surface area contributed by atoms with E-state index in [1.165, 1.54) is 6.42 Å². The Morgan fingerprint density at radius 3 is 2.45 bits per heavy atom. The molecule has 0 unspecified atom stereocenters. The predicted octanol–water partition coefficient (Wildman–Crippen LogP) is 3.38. The Morgan fingerprint density at radius 2 is 1.90 bits per heavy atom. The summed E-state index contributed by atoms with van der Waals surface area (Å²) in [7, 11) is 3.25. The molecule has 4 heteroatoms. The normalized spacial score (nSPS) is 17.5. The van der Waals surface area contributed by atoms with Crippen molar-refractivity contribution in [2.24, 2.45) is 0 Å². The van der Waals surface area contributed by atoms with Crippen LogP contribution in [-0.4, -0.2) is 25.3 Å². The molecule has 1 aliphatic rings. The zero-order valence-corrected chi connectivity index (χ0v) is 12.1. The predicted molar refractivity (Wildman–Crippen MR) is 76.6 cm³/mol. The summed E-state index contributed by atoms with van der Waals surface area (Å²) in [5, 5.41) is 9.31. The van der Waals surface area contributed by atoms with Gasteiger partial charge in [0.2, 0.25) is 0 Å². The highest BCUT2D eigenvalue weighted by molar-refractivity contribution is 5.69.